The van der Waals surface area contributed by atoms with Crippen molar-refractivity contribution in [3.63, 3.8) is 0 Å². The van der Waals surface area contributed by atoms with Gasteiger partial charge in [0.05, 0.1) is 16.3 Å². The average molecular weight is 385 g/mol. The van der Waals surface area contributed by atoms with Crippen molar-refractivity contribution in [1.82, 2.24) is 0 Å². The molecule has 0 radical (unpaired) electrons. The third kappa shape index (κ3) is 5.23. The van der Waals surface area contributed by atoms with Crippen molar-refractivity contribution in [2.24, 2.45) is 0 Å². The van der Waals surface area contributed by atoms with Gasteiger partial charge in [0.2, 0.25) is 11.8 Å². The highest BCUT2D eigenvalue weighted by molar-refractivity contribution is 6.33. The number of alkyl halides is 3. The molecular weight excluding hydrogens is 369 g/mol. The second-order valence-electron chi connectivity index (χ2n) is 5.49. The van der Waals surface area contributed by atoms with E-state index in [0.29, 0.717) is 10.7 Å². The lowest BCUT2D eigenvalue weighted by Gasteiger charge is -2.21. The summed E-state index contributed by atoms with van der Waals surface area (Å²) in [6.45, 7) is 1.31. The molecule has 1 N–H and O–H groups in total. The molecule has 0 atom stereocenters. The molecule has 138 valence electrons. The van der Waals surface area contributed by atoms with E-state index < -0.39 is 11.7 Å². The van der Waals surface area contributed by atoms with Gasteiger partial charge in [-0.05, 0) is 36.4 Å². The predicted octanol–water partition coefficient (Wildman–Crippen LogP) is 4.74. The molecule has 8 heteroatoms. The van der Waals surface area contributed by atoms with Crippen molar-refractivity contribution in [1.29, 1.82) is 0 Å². The Kier molecular flexibility index (Phi) is 6.26. The van der Waals surface area contributed by atoms with Gasteiger partial charge in [-0.3, -0.25) is 9.59 Å². The number of amides is 2. The minimum absolute atomic E-state index is 0.0248. The van der Waals surface area contributed by atoms with Crippen molar-refractivity contribution in [2.75, 3.05) is 16.8 Å². The van der Waals surface area contributed by atoms with Crippen molar-refractivity contribution in [2.45, 2.75) is 19.5 Å². The van der Waals surface area contributed by atoms with Gasteiger partial charge in [0.25, 0.3) is 0 Å². The third-order valence-corrected chi connectivity index (χ3v) is 3.93. The zero-order valence-electron chi connectivity index (χ0n) is 13.8. The zero-order valence-corrected chi connectivity index (χ0v) is 14.6. The molecule has 0 bridgehead atoms. The largest absolute Gasteiger partial charge is 0.416 e. The van der Waals surface area contributed by atoms with Crippen molar-refractivity contribution >= 4 is 34.8 Å². The van der Waals surface area contributed by atoms with Gasteiger partial charge >= 0.3 is 6.18 Å². The maximum Gasteiger partial charge on any atom is 0.416 e. The number of anilines is 2. The molecular formula is C18H16ClF3N2O2. The molecule has 0 aliphatic rings. The lowest BCUT2D eigenvalue weighted by Crippen LogP contribution is -2.32. The Bertz CT molecular complexity index is 792. The summed E-state index contributed by atoms with van der Waals surface area (Å²) in [5.74, 6) is -0.744. The minimum atomic E-state index is -4.45. The molecule has 0 heterocycles. The predicted molar refractivity (Wildman–Crippen MR) is 94.2 cm³/mol. The quantitative estimate of drug-likeness (QED) is 0.809. The second-order valence-corrected chi connectivity index (χ2v) is 5.90. The normalized spacial score (nSPS) is 11.1. The van der Waals surface area contributed by atoms with Gasteiger partial charge in [-0.25, -0.2) is 0 Å². The Morgan fingerprint density at radius 1 is 1.08 bits per heavy atom. The molecule has 0 unspecified atom stereocenters. The fourth-order valence-electron chi connectivity index (χ4n) is 2.29. The van der Waals surface area contributed by atoms with E-state index in [0.717, 1.165) is 12.1 Å². The van der Waals surface area contributed by atoms with E-state index >= 15 is 0 Å². The third-order valence-electron chi connectivity index (χ3n) is 3.60. The van der Waals surface area contributed by atoms with E-state index in [4.69, 9.17) is 11.6 Å². The Morgan fingerprint density at radius 3 is 2.23 bits per heavy atom. The van der Waals surface area contributed by atoms with Gasteiger partial charge in [0.15, 0.2) is 0 Å². The molecule has 2 rings (SSSR count). The number of hydrogen-bond donors (Lipinski definition) is 1. The fourth-order valence-corrected chi connectivity index (χ4v) is 2.47. The van der Waals surface area contributed by atoms with Gasteiger partial charge in [-0.15, -0.1) is 0 Å². The van der Waals surface area contributed by atoms with E-state index in [-0.39, 0.29) is 30.5 Å². The van der Waals surface area contributed by atoms with Crippen LogP contribution < -0.4 is 10.2 Å². The highest BCUT2D eigenvalue weighted by Crippen LogP contribution is 2.30. The van der Waals surface area contributed by atoms with E-state index in [1.165, 1.54) is 24.0 Å². The zero-order chi connectivity index (χ0) is 19.3. The maximum atomic E-state index is 12.6. The lowest BCUT2D eigenvalue weighted by molar-refractivity contribution is -0.137. The first-order valence-electron chi connectivity index (χ1n) is 7.68. The van der Waals surface area contributed by atoms with Crippen LogP contribution in [0.3, 0.4) is 0 Å². The molecule has 0 fully saturated rings. The summed E-state index contributed by atoms with van der Waals surface area (Å²) in [6.07, 6.45) is -4.49. The highest BCUT2D eigenvalue weighted by atomic mass is 35.5. The Labute approximate surface area is 153 Å². The Hall–Kier alpha value is -2.54. The molecule has 26 heavy (non-hydrogen) atoms. The summed E-state index contributed by atoms with van der Waals surface area (Å²) in [7, 11) is 0. The first kappa shape index (κ1) is 19.8. The van der Waals surface area contributed by atoms with Gasteiger partial charge in [-0.2, -0.15) is 13.2 Å². The van der Waals surface area contributed by atoms with Gasteiger partial charge < -0.3 is 10.2 Å². The van der Waals surface area contributed by atoms with Crippen LogP contribution in [0.2, 0.25) is 5.02 Å². The molecule has 0 aliphatic heterocycles. The van der Waals surface area contributed by atoms with E-state index in [9.17, 15) is 22.8 Å². The summed E-state index contributed by atoms with van der Waals surface area (Å²) in [5.41, 5.74) is -0.0691. The van der Waals surface area contributed by atoms with Crippen LogP contribution in [0.1, 0.15) is 18.9 Å². The number of benzene rings is 2. The molecule has 2 aromatic carbocycles. The fraction of sp³-hybridized carbons (Fsp3) is 0.222. The molecule has 0 saturated carbocycles. The number of nitrogens with zero attached hydrogens (tertiary/aromatic N) is 1. The summed E-state index contributed by atoms with van der Waals surface area (Å²) in [6, 6.07) is 10.9. The number of hydrogen-bond acceptors (Lipinski definition) is 2. The standard InChI is InChI=1S/C18H16ClF3N2O2/c1-12(25)24(14-8-6-13(7-9-14)18(20,21)22)11-10-17(26)23-16-5-3-2-4-15(16)19/h2-9H,10-11H2,1H3,(H,23,26). The van der Waals surface area contributed by atoms with Crippen LogP contribution in [0, 0.1) is 0 Å². The first-order chi connectivity index (χ1) is 12.2. The maximum absolute atomic E-state index is 12.6. The SMILES string of the molecule is CC(=O)N(CCC(=O)Nc1ccccc1Cl)c1ccc(C(F)(F)F)cc1. The van der Waals surface area contributed by atoms with Crippen molar-refractivity contribution < 1.29 is 22.8 Å². The molecule has 0 aliphatic carbocycles. The van der Waals surface area contributed by atoms with Gasteiger partial charge in [0.1, 0.15) is 0 Å². The Morgan fingerprint density at radius 2 is 1.69 bits per heavy atom. The van der Waals surface area contributed by atoms with Crippen molar-refractivity contribution in [3.8, 4) is 0 Å². The van der Waals surface area contributed by atoms with Crippen LogP contribution in [0.15, 0.2) is 48.5 Å². The first-order valence-corrected chi connectivity index (χ1v) is 8.06. The van der Waals surface area contributed by atoms with Crippen molar-refractivity contribution in [3.05, 3.63) is 59.1 Å². The Balaban J connectivity index is 2.03. The minimum Gasteiger partial charge on any atom is -0.325 e. The number of halogens is 4. The number of carbonyl (C=O) groups is 2. The second kappa shape index (κ2) is 8.23. The van der Waals surface area contributed by atoms with Crippen LogP contribution in [0.4, 0.5) is 24.5 Å². The van der Waals surface area contributed by atoms with Crippen LogP contribution in [-0.4, -0.2) is 18.4 Å². The molecule has 2 amide bonds. The smallest absolute Gasteiger partial charge is 0.325 e. The number of carbonyl (C=O) groups excluding carboxylic acids is 2. The van der Waals surface area contributed by atoms with Crippen LogP contribution >= 0.6 is 11.6 Å². The van der Waals surface area contributed by atoms with E-state index in [2.05, 4.69) is 5.32 Å². The molecule has 4 nitrogen and oxygen atoms in total. The number of para-hydroxylation sites is 1. The topological polar surface area (TPSA) is 49.4 Å². The summed E-state index contributed by atoms with van der Waals surface area (Å²) in [4.78, 5) is 25.1. The van der Waals surface area contributed by atoms with Crippen LogP contribution in [-0.2, 0) is 15.8 Å². The molecule has 0 saturated heterocycles. The molecule has 0 spiro atoms. The van der Waals surface area contributed by atoms with Gasteiger partial charge in [-0.1, -0.05) is 23.7 Å². The number of rotatable bonds is 5. The van der Waals surface area contributed by atoms with Gasteiger partial charge in [0, 0.05) is 25.6 Å². The van der Waals surface area contributed by atoms with Crippen LogP contribution in [0.5, 0.6) is 0 Å². The van der Waals surface area contributed by atoms with E-state index in [1.54, 1.807) is 24.3 Å². The average Bonchev–Trinajstić information content (AvgIpc) is 2.56. The molecule has 0 aromatic heterocycles. The van der Waals surface area contributed by atoms with E-state index in [1.807, 2.05) is 0 Å². The lowest BCUT2D eigenvalue weighted by atomic mass is 10.2. The van der Waals surface area contributed by atoms with Crippen LogP contribution in [0.25, 0.3) is 0 Å². The summed E-state index contributed by atoms with van der Waals surface area (Å²) in [5, 5.41) is 3.01. The molecule has 2 aromatic rings. The number of nitrogens with one attached hydrogen (secondary N) is 1. The summed E-state index contributed by atoms with van der Waals surface area (Å²) < 4.78 is 37.9. The summed E-state index contributed by atoms with van der Waals surface area (Å²) >= 11 is 5.96. The monoisotopic (exact) mass is 384 g/mol. The highest BCUT2D eigenvalue weighted by Gasteiger charge is 2.30.